The number of ether oxygens (including phenoxy) is 2. The number of anilines is 1. The summed E-state index contributed by atoms with van der Waals surface area (Å²) < 4.78 is 11.3. The van der Waals surface area contributed by atoms with Gasteiger partial charge >= 0.3 is 0 Å². The van der Waals surface area contributed by atoms with Crippen LogP contribution in [0.25, 0.3) is 0 Å². The lowest BCUT2D eigenvalue weighted by molar-refractivity contribution is 0.102. The van der Waals surface area contributed by atoms with Crippen LogP contribution in [0, 0.1) is 13.8 Å². The second-order valence-electron chi connectivity index (χ2n) is 6.55. The highest BCUT2D eigenvalue weighted by molar-refractivity contribution is 6.30. The second kappa shape index (κ2) is 8.81. The molecule has 5 heteroatoms. The van der Waals surface area contributed by atoms with Gasteiger partial charge in [0.1, 0.15) is 18.1 Å². The van der Waals surface area contributed by atoms with Crippen LogP contribution < -0.4 is 14.8 Å². The summed E-state index contributed by atoms with van der Waals surface area (Å²) in [5, 5.41) is 3.56. The van der Waals surface area contributed by atoms with Gasteiger partial charge in [-0.25, -0.2) is 0 Å². The SMILES string of the molecule is COc1ccc(C(=O)Nc2ccc(Cl)cc2C)cc1COc1cccc(C)c1. The van der Waals surface area contributed by atoms with E-state index in [1.807, 2.05) is 44.2 Å². The van der Waals surface area contributed by atoms with Crippen molar-refractivity contribution in [3.63, 3.8) is 0 Å². The van der Waals surface area contributed by atoms with Crippen LogP contribution in [0.5, 0.6) is 11.5 Å². The van der Waals surface area contributed by atoms with E-state index in [9.17, 15) is 4.79 Å². The Morgan fingerprint density at radius 3 is 2.57 bits per heavy atom. The fourth-order valence-corrected chi connectivity index (χ4v) is 3.09. The van der Waals surface area contributed by atoms with Crippen LogP contribution >= 0.6 is 11.6 Å². The average Bonchev–Trinajstić information content (AvgIpc) is 2.68. The van der Waals surface area contributed by atoms with E-state index in [4.69, 9.17) is 21.1 Å². The first kappa shape index (κ1) is 19.8. The Labute approximate surface area is 170 Å². The molecule has 0 radical (unpaired) electrons. The van der Waals surface area contributed by atoms with Crippen molar-refractivity contribution in [3.05, 3.63) is 87.9 Å². The molecular weight excluding hydrogens is 374 g/mol. The van der Waals surface area contributed by atoms with E-state index in [2.05, 4.69) is 5.32 Å². The molecular formula is C23H22ClNO3. The molecule has 1 amide bonds. The minimum absolute atomic E-state index is 0.204. The van der Waals surface area contributed by atoms with Gasteiger partial charge in [-0.1, -0.05) is 23.7 Å². The Morgan fingerprint density at radius 1 is 1.04 bits per heavy atom. The van der Waals surface area contributed by atoms with Gasteiger partial charge in [0.15, 0.2) is 0 Å². The molecule has 28 heavy (non-hydrogen) atoms. The first-order valence-electron chi connectivity index (χ1n) is 8.90. The van der Waals surface area contributed by atoms with E-state index in [0.717, 1.165) is 28.1 Å². The number of aryl methyl sites for hydroxylation is 2. The number of carbonyl (C=O) groups is 1. The van der Waals surface area contributed by atoms with Gasteiger partial charge in [-0.05, 0) is 73.5 Å². The highest BCUT2D eigenvalue weighted by Gasteiger charge is 2.12. The van der Waals surface area contributed by atoms with Crippen molar-refractivity contribution >= 4 is 23.2 Å². The maximum atomic E-state index is 12.7. The fraction of sp³-hybridized carbons (Fsp3) is 0.174. The largest absolute Gasteiger partial charge is 0.496 e. The van der Waals surface area contributed by atoms with Gasteiger partial charge in [0.05, 0.1) is 7.11 Å². The van der Waals surface area contributed by atoms with Crippen LogP contribution in [0.1, 0.15) is 27.0 Å². The summed E-state index contributed by atoms with van der Waals surface area (Å²) >= 11 is 5.98. The van der Waals surface area contributed by atoms with Crippen molar-refractivity contribution in [1.29, 1.82) is 0 Å². The van der Waals surface area contributed by atoms with Crippen LogP contribution in [-0.4, -0.2) is 13.0 Å². The summed E-state index contributed by atoms with van der Waals surface area (Å²) in [6, 6.07) is 18.5. The zero-order valence-corrected chi connectivity index (χ0v) is 16.8. The van der Waals surface area contributed by atoms with E-state index in [0.29, 0.717) is 22.9 Å². The third kappa shape index (κ3) is 4.84. The lowest BCUT2D eigenvalue weighted by atomic mass is 10.1. The lowest BCUT2D eigenvalue weighted by Crippen LogP contribution is -2.13. The molecule has 0 fully saturated rings. The van der Waals surface area contributed by atoms with Crippen molar-refractivity contribution in [2.24, 2.45) is 0 Å². The molecule has 0 heterocycles. The molecule has 0 bridgehead atoms. The molecule has 0 unspecified atom stereocenters. The number of hydrogen-bond donors (Lipinski definition) is 1. The van der Waals surface area contributed by atoms with Gasteiger partial charge in [0, 0.05) is 21.8 Å². The highest BCUT2D eigenvalue weighted by Crippen LogP contribution is 2.24. The molecule has 0 saturated heterocycles. The minimum atomic E-state index is -0.204. The number of methoxy groups -OCH3 is 1. The van der Waals surface area contributed by atoms with Gasteiger partial charge in [0.25, 0.3) is 5.91 Å². The van der Waals surface area contributed by atoms with Gasteiger partial charge in [-0.2, -0.15) is 0 Å². The topological polar surface area (TPSA) is 47.6 Å². The van der Waals surface area contributed by atoms with Gasteiger partial charge in [-0.15, -0.1) is 0 Å². The Balaban J connectivity index is 1.78. The molecule has 0 atom stereocenters. The number of rotatable bonds is 6. The summed E-state index contributed by atoms with van der Waals surface area (Å²) in [7, 11) is 1.60. The Bertz CT molecular complexity index is 1000. The number of benzene rings is 3. The average molecular weight is 396 g/mol. The number of nitrogens with one attached hydrogen (secondary N) is 1. The zero-order valence-electron chi connectivity index (χ0n) is 16.1. The summed E-state index contributed by atoms with van der Waals surface area (Å²) in [6.45, 7) is 4.21. The molecule has 0 spiro atoms. The molecule has 4 nitrogen and oxygen atoms in total. The molecule has 3 aromatic carbocycles. The van der Waals surface area contributed by atoms with Crippen molar-refractivity contribution < 1.29 is 14.3 Å². The molecule has 0 aliphatic rings. The van der Waals surface area contributed by atoms with E-state index in [-0.39, 0.29) is 5.91 Å². The predicted octanol–water partition coefficient (Wildman–Crippen LogP) is 5.80. The van der Waals surface area contributed by atoms with Gasteiger partial charge in [-0.3, -0.25) is 4.79 Å². The fourth-order valence-electron chi connectivity index (χ4n) is 2.86. The molecule has 0 aliphatic carbocycles. The van der Waals surface area contributed by atoms with Crippen LogP contribution in [0.3, 0.4) is 0 Å². The Morgan fingerprint density at radius 2 is 1.86 bits per heavy atom. The van der Waals surface area contributed by atoms with E-state index in [1.54, 1.807) is 37.4 Å². The van der Waals surface area contributed by atoms with Crippen molar-refractivity contribution in [2.45, 2.75) is 20.5 Å². The predicted molar refractivity (Wildman–Crippen MR) is 113 cm³/mol. The maximum absolute atomic E-state index is 12.7. The zero-order chi connectivity index (χ0) is 20.1. The van der Waals surface area contributed by atoms with Crippen molar-refractivity contribution in [1.82, 2.24) is 0 Å². The molecule has 0 aromatic heterocycles. The van der Waals surface area contributed by atoms with Crippen LogP contribution in [0.15, 0.2) is 60.7 Å². The van der Waals surface area contributed by atoms with E-state index in [1.165, 1.54) is 0 Å². The van der Waals surface area contributed by atoms with Crippen molar-refractivity contribution in [2.75, 3.05) is 12.4 Å². The molecule has 0 aliphatic heterocycles. The quantitative estimate of drug-likeness (QED) is 0.574. The summed E-state index contributed by atoms with van der Waals surface area (Å²) in [5.74, 6) is 1.24. The summed E-state index contributed by atoms with van der Waals surface area (Å²) in [6.07, 6.45) is 0. The van der Waals surface area contributed by atoms with Crippen molar-refractivity contribution in [3.8, 4) is 11.5 Å². The molecule has 3 rings (SSSR count). The molecule has 1 N–H and O–H groups in total. The maximum Gasteiger partial charge on any atom is 0.255 e. The third-order valence-corrected chi connectivity index (χ3v) is 4.60. The minimum Gasteiger partial charge on any atom is -0.496 e. The number of amides is 1. The Kier molecular flexibility index (Phi) is 6.22. The second-order valence-corrected chi connectivity index (χ2v) is 6.98. The van der Waals surface area contributed by atoms with Crippen LogP contribution in [-0.2, 0) is 6.61 Å². The summed E-state index contributed by atoms with van der Waals surface area (Å²) in [5.41, 5.74) is 4.07. The summed E-state index contributed by atoms with van der Waals surface area (Å²) in [4.78, 5) is 12.7. The standard InChI is InChI=1S/C23H22ClNO3/c1-15-5-4-6-20(11-15)28-14-18-13-17(7-10-22(18)27-3)23(26)25-21-9-8-19(24)12-16(21)2/h4-13H,14H2,1-3H3,(H,25,26). The smallest absolute Gasteiger partial charge is 0.255 e. The third-order valence-electron chi connectivity index (χ3n) is 4.36. The molecule has 0 saturated carbocycles. The number of hydrogen-bond acceptors (Lipinski definition) is 3. The lowest BCUT2D eigenvalue weighted by Gasteiger charge is -2.13. The van der Waals surface area contributed by atoms with Crippen LogP contribution in [0.4, 0.5) is 5.69 Å². The molecule has 3 aromatic rings. The monoisotopic (exact) mass is 395 g/mol. The first-order valence-corrected chi connectivity index (χ1v) is 9.28. The van der Waals surface area contributed by atoms with Gasteiger partial charge < -0.3 is 14.8 Å². The Hall–Kier alpha value is -2.98. The van der Waals surface area contributed by atoms with Crippen LogP contribution in [0.2, 0.25) is 5.02 Å². The van der Waals surface area contributed by atoms with E-state index >= 15 is 0 Å². The number of halogens is 1. The molecule has 144 valence electrons. The van der Waals surface area contributed by atoms with Gasteiger partial charge in [0.2, 0.25) is 0 Å². The first-order chi connectivity index (χ1) is 13.5. The van der Waals surface area contributed by atoms with E-state index < -0.39 is 0 Å². The highest BCUT2D eigenvalue weighted by atomic mass is 35.5. The number of carbonyl (C=O) groups excluding carboxylic acids is 1. The normalized spacial score (nSPS) is 10.4.